The minimum absolute atomic E-state index is 0.0923. The Kier molecular flexibility index (Phi) is 6.26. The number of fused-ring (bicyclic) bond motifs is 1. The van der Waals surface area contributed by atoms with Crippen LogP contribution in [-0.4, -0.2) is 40.1 Å². The molecule has 0 saturated carbocycles. The molecule has 0 fully saturated rings. The number of sulfonamides is 1. The topological polar surface area (TPSA) is 102 Å². The molecule has 0 radical (unpaired) electrons. The molecule has 3 aromatic rings. The zero-order chi connectivity index (χ0) is 23.6. The van der Waals surface area contributed by atoms with Crippen LogP contribution in [0.2, 0.25) is 5.02 Å². The van der Waals surface area contributed by atoms with Gasteiger partial charge in [-0.3, -0.25) is 9.10 Å². The number of nitrogens with zero attached hydrogens (tertiary/aromatic N) is 1. The molecule has 1 aliphatic heterocycles. The van der Waals surface area contributed by atoms with Gasteiger partial charge in [0.15, 0.2) is 6.10 Å². The van der Waals surface area contributed by atoms with E-state index < -0.39 is 28.0 Å². The summed E-state index contributed by atoms with van der Waals surface area (Å²) in [6.07, 6.45) is -1.17. The number of rotatable bonds is 5. The van der Waals surface area contributed by atoms with Crippen LogP contribution in [0.3, 0.4) is 0 Å². The number of hydrogen-bond donors (Lipinski definition) is 1. The van der Waals surface area contributed by atoms with Gasteiger partial charge in [0.2, 0.25) is 0 Å². The fourth-order valence-electron chi connectivity index (χ4n) is 3.37. The first-order valence-electron chi connectivity index (χ1n) is 9.83. The van der Waals surface area contributed by atoms with Crippen LogP contribution in [0.25, 0.3) is 0 Å². The van der Waals surface area contributed by atoms with Gasteiger partial charge in [-0.2, -0.15) is 0 Å². The van der Waals surface area contributed by atoms with Crippen LogP contribution in [0.1, 0.15) is 10.4 Å². The van der Waals surface area contributed by atoms with Crippen molar-refractivity contribution in [2.75, 3.05) is 23.3 Å². The first kappa shape index (κ1) is 22.6. The van der Waals surface area contributed by atoms with Crippen LogP contribution >= 0.6 is 11.6 Å². The highest BCUT2D eigenvalue weighted by Crippen LogP contribution is 2.37. The predicted octanol–water partition coefficient (Wildman–Crippen LogP) is 3.72. The summed E-state index contributed by atoms with van der Waals surface area (Å²) in [5.74, 6) is -0.968. The fourth-order valence-corrected chi connectivity index (χ4v) is 5.03. The first-order chi connectivity index (χ1) is 15.8. The number of para-hydroxylation sites is 2. The molecule has 170 valence electrons. The Bertz CT molecular complexity index is 1310. The van der Waals surface area contributed by atoms with Crippen LogP contribution in [0, 0.1) is 0 Å². The quantitative estimate of drug-likeness (QED) is 0.551. The molecule has 3 aromatic carbocycles. The molecule has 33 heavy (non-hydrogen) atoms. The standard InChI is InChI=1S/C23H19ClN2O6S/c1-31-23(28)15-11-12-17(24)18(13-15)25-22(27)21-14-26(19-9-5-6-10-20(19)32-21)33(29,30)16-7-3-2-4-8-16/h2-13,21H,14H2,1H3,(H,25,27)/t21-/m0/s1. The number of methoxy groups -OCH3 is 1. The number of anilines is 2. The molecule has 1 amide bonds. The summed E-state index contributed by atoms with van der Waals surface area (Å²) in [6, 6.07) is 18.8. The van der Waals surface area contributed by atoms with Gasteiger partial charge in [0.1, 0.15) is 5.75 Å². The van der Waals surface area contributed by atoms with E-state index in [9.17, 15) is 18.0 Å². The number of esters is 1. The minimum Gasteiger partial charge on any atom is -0.476 e. The lowest BCUT2D eigenvalue weighted by Crippen LogP contribution is -2.48. The number of benzene rings is 3. The van der Waals surface area contributed by atoms with Gasteiger partial charge in [-0.05, 0) is 42.5 Å². The van der Waals surface area contributed by atoms with Gasteiger partial charge < -0.3 is 14.8 Å². The van der Waals surface area contributed by atoms with Gasteiger partial charge in [0.25, 0.3) is 15.9 Å². The Balaban J connectivity index is 1.65. The predicted molar refractivity (Wildman–Crippen MR) is 123 cm³/mol. The van der Waals surface area contributed by atoms with Gasteiger partial charge in [-0.1, -0.05) is 41.9 Å². The highest BCUT2D eigenvalue weighted by Gasteiger charge is 2.37. The molecule has 1 heterocycles. The minimum atomic E-state index is -3.96. The summed E-state index contributed by atoms with van der Waals surface area (Å²) >= 11 is 6.18. The first-order valence-corrected chi connectivity index (χ1v) is 11.7. The summed E-state index contributed by atoms with van der Waals surface area (Å²) in [5, 5.41) is 2.81. The molecule has 1 N–H and O–H groups in total. The fraction of sp³-hybridized carbons (Fsp3) is 0.130. The Hall–Kier alpha value is -3.56. The number of carbonyl (C=O) groups is 2. The van der Waals surface area contributed by atoms with Crippen molar-refractivity contribution in [3.05, 3.63) is 83.4 Å². The van der Waals surface area contributed by atoms with Crippen molar-refractivity contribution in [3.8, 4) is 5.75 Å². The molecule has 1 aliphatic rings. The van der Waals surface area contributed by atoms with Gasteiger partial charge in [0, 0.05) is 0 Å². The molecule has 0 spiro atoms. The molecule has 0 unspecified atom stereocenters. The average Bonchev–Trinajstić information content (AvgIpc) is 2.84. The lowest BCUT2D eigenvalue weighted by atomic mass is 10.2. The molecular weight excluding hydrogens is 468 g/mol. The van der Waals surface area contributed by atoms with Crippen LogP contribution in [0.15, 0.2) is 77.7 Å². The maximum absolute atomic E-state index is 13.3. The van der Waals surface area contributed by atoms with E-state index in [4.69, 9.17) is 21.1 Å². The second kappa shape index (κ2) is 9.13. The molecule has 8 nitrogen and oxygen atoms in total. The molecular formula is C23H19ClN2O6S. The van der Waals surface area contributed by atoms with Crippen molar-refractivity contribution in [1.82, 2.24) is 0 Å². The Labute approximate surface area is 195 Å². The van der Waals surface area contributed by atoms with Gasteiger partial charge in [-0.15, -0.1) is 0 Å². The lowest BCUT2D eigenvalue weighted by Gasteiger charge is -2.34. The van der Waals surface area contributed by atoms with Crippen LogP contribution in [-0.2, 0) is 19.6 Å². The van der Waals surface area contributed by atoms with E-state index in [2.05, 4.69) is 5.32 Å². The van der Waals surface area contributed by atoms with Crippen LogP contribution < -0.4 is 14.4 Å². The van der Waals surface area contributed by atoms with E-state index in [0.717, 1.165) is 4.31 Å². The molecule has 10 heteroatoms. The molecule has 0 aromatic heterocycles. The molecule has 0 bridgehead atoms. The van der Waals surface area contributed by atoms with E-state index >= 15 is 0 Å². The highest BCUT2D eigenvalue weighted by molar-refractivity contribution is 7.92. The number of halogens is 1. The van der Waals surface area contributed by atoms with Crippen molar-refractivity contribution in [2.45, 2.75) is 11.0 Å². The molecule has 0 aliphatic carbocycles. The van der Waals surface area contributed by atoms with E-state index in [1.54, 1.807) is 42.5 Å². The van der Waals surface area contributed by atoms with Crippen molar-refractivity contribution in [3.63, 3.8) is 0 Å². The lowest BCUT2D eigenvalue weighted by molar-refractivity contribution is -0.122. The number of amides is 1. The van der Waals surface area contributed by atoms with Crippen molar-refractivity contribution < 1.29 is 27.5 Å². The van der Waals surface area contributed by atoms with E-state index in [1.807, 2.05) is 0 Å². The maximum Gasteiger partial charge on any atom is 0.337 e. The van der Waals surface area contributed by atoms with Crippen molar-refractivity contribution >= 4 is 44.9 Å². The highest BCUT2D eigenvalue weighted by atomic mass is 35.5. The second-order valence-corrected chi connectivity index (χ2v) is 9.37. The van der Waals surface area contributed by atoms with E-state index in [-0.39, 0.29) is 33.5 Å². The number of ether oxygens (including phenoxy) is 2. The average molecular weight is 487 g/mol. The van der Waals surface area contributed by atoms with Crippen LogP contribution in [0.5, 0.6) is 5.75 Å². The second-order valence-electron chi connectivity index (χ2n) is 7.10. The van der Waals surface area contributed by atoms with Gasteiger partial charge >= 0.3 is 5.97 Å². The number of nitrogens with one attached hydrogen (secondary N) is 1. The monoisotopic (exact) mass is 486 g/mol. The largest absolute Gasteiger partial charge is 0.476 e. The smallest absolute Gasteiger partial charge is 0.337 e. The number of hydrogen-bond acceptors (Lipinski definition) is 6. The third-order valence-corrected chi connectivity index (χ3v) is 7.13. The third-order valence-electron chi connectivity index (χ3n) is 5.00. The molecule has 4 rings (SSSR count). The summed E-state index contributed by atoms with van der Waals surface area (Å²) in [5.41, 5.74) is 0.695. The number of carbonyl (C=O) groups excluding carboxylic acids is 2. The maximum atomic E-state index is 13.3. The van der Waals surface area contributed by atoms with E-state index in [1.165, 1.54) is 37.4 Å². The van der Waals surface area contributed by atoms with E-state index in [0.29, 0.717) is 5.69 Å². The SMILES string of the molecule is COC(=O)c1ccc(Cl)c(NC(=O)[C@@H]2CN(S(=O)(=O)c3ccccc3)c3ccccc3O2)c1. The Morgan fingerprint density at radius 2 is 1.76 bits per heavy atom. The van der Waals surface area contributed by atoms with Crippen molar-refractivity contribution in [1.29, 1.82) is 0 Å². The normalized spacial score (nSPS) is 15.2. The molecule has 1 atom stereocenters. The van der Waals surface area contributed by atoms with Crippen molar-refractivity contribution in [2.24, 2.45) is 0 Å². The Morgan fingerprint density at radius 1 is 1.06 bits per heavy atom. The van der Waals surface area contributed by atoms with Gasteiger partial charge in [0.05, 0.1) is 40.5 Å². The summed E-state index contributed by atoms with van der Waals surface area (Å²) in [4.78, 5) is 25.0. The third kappa shape index (κ3) is 4.50. The zero-order valence-corrected chi connectivity index (χ0v) is 19.0. The van der Waals surface area contributed by atoms with Gasteiger partial charge in [-0.25, -0.2) is 13.2 Å². The van der Waals surface area contributed by atoms with Crippen LogP contribution in [0.4, 0.5) is 11.4 Å². The Morgan fingerprint density at radius 3 is 2.48 bits per heavy atom. The zero-order valence-electron chi connectivity index (χ0n) is 17.4. The summed E-state index contributed by atoms with van der Waals surface area (Å²) < 4.78 is 38.4. The summed E-state index contributed by atoms with van der Waals surface area (Å²) in [6.45, 7) is -0.256. The summed E-state index contributed by atoms with van der Waals surface area (Å²) in [7, 11) is -2.72. The molecule has 0 saturated heterocycles.